The van der Waals surface area contributed by atoms with Crippen molar-refractivity contribution in [2.45, 2.75) is 32.9 Å². The molecular weight excluding hydrogens is 489 g/mol. The number of nitrogens with one attached hydrogen (secondary N) is 1. The molecular formula is C32H32FN5O. The number of allylic oxidation sites excluding steroid dienone is 1. The van der Waals surface area contributed by atoms with Gasteiger partial charge in [0.05, 0.1) is 12.3 Å². The van der Waals surface area contributed by atoms with E-state index >= 15 is 4.39 Å². The van der Waals surface area contributed by atoms with Gasteiger partial charge in [0.2, 0.25) is 0 Å². The van der Waals surface area contributed by atoms with Gasteiger partial charge in [-0.15, -0.1) is 6.58 Å². The van der Waals surface area contributed by atoms with Crippen LogP contribution in [0.1, 0.15) is 36.8 Å². The molecule has 0 saturated heterocycles. The van der Waals surface area contributed by atoms with Crippen molar-refractivity contribution in [1.29, 1.82) is 0 Å². The highest BCUT2D eigenvalue weighted by atomic mass is 19.1. The van der Waals surface area contributed by atoms with Gasteiger partial charge >= 0.3 is 0 Å². The van der Waals surface area contributed by atoms with Crippen LogP contribution in [-0.4, -0.2) is 21.1 Å². The Morgan fingerprint density at radius 3 is 2.67 bits per heavy atom. The number of rotatable bonds is 10. The van der Waals surface area contributed by atoms with Crippen molar-refractivity contribution in [3.05, 3.63) is 115 Å². The fraction of sp³-hybridized carbons (Fsp3) is 0.188. The van der Waals surface area contributed by atoms with E-state index in [2.05, 4.69) is 16.9 Å². The zero-order valence-corrected chi connectivity index (χ0v) is 22.2. The number of hydrogen-bond donors (Lipinski definition) is 2. The maximum Gasteiger partial charge on any atom is 0.170 e. The van der Waals surface area contributed by atoms with Crippen LogP contribution >= 0.6 is 0 Å². The molecule has 0 saturated carbocycles. The molecule has 3 aromatic carbocycles. The highest BCUT2D eigenvalue weighted by molar-refractivity contribution is 5.93. The van der Waals surface area contributed by atoms with E-state index in [-0.39, 0.29) is 5.75 Å². The number of hydrogen-bond acceptors (Lipinski definition) is 5. The average Bonchev–Trinajstić information content (AvgIpc) is 3.37. The first-order chi connectivity index (χ1) is 19.0. The zero-order valence-electron chi connectivity index (χ0n) is 22.2. The lowest BCUT2D eigenvalue weighted by atomic mass is 9.99. The summed E-state index contributed by atoms with van der Waals surface area (Å²) in [5.41, 5.74) is 10.1. The van der Waals surface area contributed by atoms with Crippen molar-refractivity contribution in [3.8, 4) is 17.0 Å². The number of aromatic nitrogens is 3. The second kappa shape index (κ2) is 11.4. The fourth-order valence-electron chi connectivity index (χ4n) is 4.79. The fourth-order valence-corrected chi connectivity index (χ4v) is 4.79. The van der Waals surface area contributed by atoms with E-state index in [1.54, 1.807) is 12.3 Å². The summed E-state index contributed by atoms with van der Waals surface area (Å²) >= 11 is 0. The normalized spacial score (nSPS) is 11.9. The van der Waals surface area contributed by atoms with Crippen LogP contribution in [-0.2, 0) is 13.0 Å². The Morgan fingerprint density at radius 2 is 1.92 bits per heavy atom. The Hall–Kier alpha value is -4.65. The standard InChI is InChI=1S/C32H32FN5O/c1-4-16-38-20-27(22-10-8-7-9-11-22)37-32(38)30(26-17-21(5-2)18-28(29(26)33)39-6-3)36-24-12-13-25-23(19-24)14-15-35-31(25)34/h4,7-15,17-20,30,36H,1,5-6,16H2,2-3H3,(H2,34,35). The number of halogens is 1. The number of aryl methyl sites for hydroxylation is 1. The van der Waals surface area contributed by atoms with Crippen LogP contribution in [0.4, 0.5) is 15.9 Å². The van der Waals surface area contributed by atoms with E-state index in [0.29, 0.717) is 30.4 Å². The summed E-state index contributed by atoms with van der Waals surface area (Å²) in [6.07, 6.45) is 6.21. The summed E-state index contributed by atoms with van der Waals surface area (Å²) in [5.74, 6) is 0.960. The van der Waals surface area contributed by atoms with Gasteiger partial charge in [-0.3, -0.25) is 0 Å². The van der Waals surface area contributed by atoms with Gasteiger partial charge in [0.15, 0.2) is 11.6 Å². The summed E-state index contributed by atoms with van der Waals surface area (Å²) < 4.78 is 23.8. The van der Waals surface area contributed by atoms with Gasteiger partial charge in [0.25, 0.3) is 0 Å². The van der Waals surface area contributed by atoms with Crippen LogP contribution in [0, 0.1) is 5.82 Å². The highest BCUT2D eigenvalue weighted by Gasteiger charge is 2.27. The van der Waals surface area contributed by atoms with Crippen molar-refractivity contribution >= 4 is 22.3 Å². The topological polar surface area (TPSA) is 78.0 Å². The molecule has 3 N–H and O–H groups in total. The maximum atomic E-state index is 16.1. The van der Waals surface area contributed by atoms with Crippen LogP contribution in [0.2, 0.25) is 0 Å². The number of nitrogen functional groups attached to an aromatic ring is 1. The second-order valence-corrected chi connectivity index (χ2v) is 9.28. The lowest BCUT2D eigenvalue weighted by molar-refractivity contribution is 0.319. The van der Waals surface area contributed by atoms with Crippen LogP contribution in [0.3, 0.4) is 0 Å². The molecule has 0 aliphatic rings. The molecule has 0 amide bonds. The molecule has 5 rings (SSSR count). The smallest absolute Gasteiger partial charge is 0.170 e. The molecule has 0 bridgehead atoms. The molecule has 6 nitrogen and oxygen atoms in total. The number of nitrogens with two attached hydrogens (primary N) is 1. The van der Waals surface area contributed by atoms with Crippen molar-refractivity contribution in [2.24, 2.45) is 0 Å². The summed E-state index contributed by atoms with van der Waals surface area (Å²) in [5, 5.41) is 5.37. The number of anilines is 2. The van der Waals surface area contributed by atoms with E-state index in [9.17, 15) is 0 Å². The van der Waals surface area contributed by atoms with Gasteiger partial charge < -0.3 is 20.4 Å². The molecule has 0 spiro atoms. The molecule has 198 valence electrons. The summed E-state index contributed by atoms with van der Waals surface area (Å²) in [4.78, 5) is 9.22. The SMILES string of the molecule is C=CCn1cc(-c2ccccc2)nc1C(Nc1ccc2c(N)nccc2c1)c1cc(CC)cc(OCC)c1F. The second-order valence-electron chi connectivity index (χ2n) is 9.28. The third kappa shape index (κ3) is 5.34. The molecule has 39 heavy (non-hydrogen) atoms. The molecule has 1 unspecified atom stereocenters. The molecule has 0 fully saturated rings. The van der Waals surface area contributed by atoms with Gasteiger partial charge in [-0.25, -0.2) is 14.4 Å². The monoisotopic (exact) mass is 521 g/mol. The van der Waals surface area contributed by atoms with E-state index in [1.165, 1.54) is 0 Å². The van der Waals surface area contributed by atoms with Crippen LogP contribution in [0.5, 0.6) is 5.75 Å². The van der Waals surface area contributed by atoms with Crippen LogP contribution in [0.15, 0.2) is 91.8 Å². The van der Waals surface area contributed by atoms with E-state index < -0.39 is 11.9 Å². The third-order valence-electron chi connectivity index (χ3n) is 6.71. The predicted molar refractivity (Wildman–Crippen MR) is 156 cm³/mol. The minimum atomic E-state index is -0.621. The number of imidazole rings is 1. The zero-order chi connectivity index (χ0) is 27.4. The highest BCUT2D eigenvalue weighted by Crippen LogP contribution is 2.36. The molecule has 0 aliphatic heterocycles. The lowest BCUT2D eigenvalue weighted by Gasteiger charge is -2.23. The number of ether oxygens (including phenoxy) is 1. The Morgan fingerprint density at radius 1 is 1.10 bits per heavy atom. The molecule has 7 heteroatoms. The number of pyridine rings is 1. The van der Waals surface area contributed by atoms with Gasteiger partial charge in [0.1, 0.15) is 17.7 Å². The maximum absolute atomic E-state index is 16.1. The van der Waals surface area contributed by atoms with Gasteiger partial charge in [-0.2, -0.15) is 0 Å². The number of benzene rings is 3. The van der Waals surface area contributed by atoms with Crippen molar-refractivity contribution in [2.75, 3.05) is 17.7 Å². The predicted octanol–water partition coefficient (Wildman–Crippen LogP) is 7.17. The number of nitrogens with zero attached hydrogens (tertiary/aromatic N) is 3. The molecule has 5 aromatic rings. The Labute approximate surface area is 228 Å². The summed E-state index contributed by atoms with van der Waals surface area (Å²) in [6.45, 7) is 8.72. The van der Waals surface area contributed by atoms with E-state index in [4.69, 9.17) is 15.5 Å². The quantitative estimate of drug-likeness (QED) is 0.191. The van der Waals surface area contributed by atoms with Crippen molar-refractivity contribution in [1.82, 2.24) is 14.5 Å². The van der Waals surface area contributed by atoms with E-state index in [1.807, 2.05) is 91.4 Å². The van der Waals surface area contributed by atoms with Crippen molar-refractivity contribution in [3.63, 3.8) is 0 Å². The molecule has 2 heterocycles. The first-order valence-electron chi connectivity index (χ1n) is 13.1. The van der Waals surface area contributed by atoms with E-state index in [0.717, 1.165) is 39.7 Å². The first-order valence-corrected chi connectivity index (χ1v) is 13.1. The molecule has 2 aromatic heterocycles. The summed E-state index contributed by atoms with van der Waals surface area (Å²) in [7, 11) is 0. The first kappa shape index (κ1) is 26.0. The van der Waals surface area contributed by atoms with Crippen LogP contribution < -0.4 is 15.8 Å². The Balaban J connectivity index is 1.70. The molecule has 1 atom stereocenters. The van der Waals surface area contributed by atoms with Crippen LogP contribution in [0.25, 0.3) is 22.0 Å². The lowest BCUT2D eigenvalue weighted by Crippen LogP contribution is -2.20. The average molecular weight is 522 g/mol. The number of fused-ring (bicyclic) bond motifs is 1. The third-order valence-corrected chi connectivity index (χ3v) is 6.71. The Bertz CT molecular complexity index is 1610. The minimum Gasteiger partial charge on any atom is -0.491 e. The van der Waals surface area contributed by atoms with Gasteiger partial charge in [0, 0.05) is 41.1 Å². The van der Waals surface area contributed by atoms with Gasteiger partial charge in [-0.1, -0.05) is 49.4 Å². The largest absolute Gasteiger partial charge is 0.491 e. The van der Waals surface area contributed by atoms with Crippen molar-refractivity contribution < 1.29 is 9.13 Å². The minimum absolute atomic E-state index is 0.237. The molecule has 0 aliphatic carbocycles. The summed E-state index contributed by atoms with van der Waals surface area (Å²) in [6, 6.07) is 20.8. The molecule has 0 radical (unpaired) electrons. The Kier molecular flexibility index (Phi) is 7.59. The van der Waals surface area contributed by atoms with Gasteiger partial charge in [-0.05, 0) is 54.6 Å².